The fraction of sp³-hybridized carbons (Fsp3) is 0.429. The zero-order chi connectivity index (χ0) is 18.4. The Bertz CT molecular complexity index is 704. The van der Waals surface area contributed by atoms with Crippen molar-refractivity contribution >= 4 is 0 Å². The lowest BCUT2D eigenvalue weighted by atomic mass is 10.1. The van der Waals surface area contributed by atoms with Crippen molar-refractivity contribution in [2.45, 2.75) is 44.9 Å². The van der Waals surface area contributed by atoms with E-state index in [0.29, 0.717) is 23.3 Å². The normalized spacial score (nSPS) is 14.4. The van der Waals surface area contributed by atoms with Gasteiger partial charge in [0.25, 0.3) is 0 Å². The van der Waals surface area contributed by atoms with Crippen LogP contribution in [0.25, 0.3) is 0 Å². The summed E-state index contributed by atoms with van der Waals surface area (Å²) in [6.07, 6.45) is 5.08. The van der Waals surface area contributed by atoms with Crippen molar-refractivity contribution in [1.82, 2.24) is 5.32 Å². The molecule has 2 aromatic rings. The minimum atomic E-state index is -0.279. The van der Waals surface area contributed by atoms with Gasteiger partial charge in [0, 0.05) is 12.6 Å². The molecule has 0 spiro atoms. The summed E-state index contributed by atoms with van der Waals surface area (Å²) in [4.78, 5) is 0. The van der Waals surface area contributed by atoms with Gasteiger partial charge in [0.2, 0.25) is 5.75 Å². The van der Waals surface area contributed by atoms with E-state index in [1.165, 1.54) is 37.8 Å². The second kappa shape index (κ2) is 8.90. The summed E-state index contributed by atoms with van der Waals surface area (Å²) >= 11 is 0. The maximum Gasteiger partial charge on any atom is 0.203 e. The Morgan fingerprint density at radius 2 is 1.69 bits per heavy atom. The summed E-state index contributed by atoms with van der Waals surface area (Å²) < 4.78 is 30.2. The Morgan fingerprint density at radius 3 is 2.31 bits per heavy atom. The van der Waals surface area contributed by atoms with E-state index in [1.54, 1.807) is 20.3 Å². The Morgan fingerprint density at radius 1 is 1.00 bits per heavy atom. The van der Waals surface area contributed by atoms with E-state index in [-0.39, 0.29) is 12.4 Å². The monoisotopic (exact) mass is 359 g/mol. The molecule has 4 nitrogen and oxygen atoms in total. The van der Waals surface area contributed by atoms with E-state index in [1.807, 2.05) is 18.2 Å². The molecule has 0 heterocycles. The molecule has 1 saturated carbocycles. The maximum absolute atomic E-state index is 13.3. The third kappa shape index (κ3) is 4.67. The van der Waals surface area contributed by atoms with Crippen molar-refractivity contribution in [1.29, 1.82) is 0 Å². The molecule has 5 heteroatoms. The highest BCUT2D eigenvalue weighted by Gasteiger charge is 2.17. The quantitative estimate of drug-likeness (QED) is 0.756. The van der Waals surface area contributed by atoms with Crippen LogP contribution in [0.2, 0.25) is 0 Å². The first kappa shape index (κ1) is 18.5. The predicted octanol–water partition coefficient (Wildman–Crippen LogP) is 4.45. The van der Waals surface area contributed by atoms with Gasteiger partial charge in [-0.25, -0.2) is 4.39 Å². The summed E-state index contributed by atoms with van der Waals surface area (Å²) in [6.45, 7) is 1.01. The second-order valence-corrected chi connectivity index (χ2v) is 6.61. The lowest BCUT2D eigenvalue weighted by molar-refractivity contribution is 0.265. The molecule has 3 rings (SSSR count). The van der Waals surface area contributed by atoms with Crippen LogP contribution >= 0.6 is 0 Å². The first-order valence-electron chi connectivity index (χ1n) is 9.05. The summed E-state index contributed by atoms with van der Waals surface area (Å²) in [7, 11) is 3.22. The molecule has 0 radical (unpaired) electrons. The largest absolute Gasteiger partial charge is 0.493 e. The Labute approximate surface area is 154 Å². The molecule has 0 bridgehead atoms. The molecule has 0 aliphatic heterocycles. The van der Waals surface area contributed by atoms with Crippen LogP contribution in [0.4, 0.5) is 4.39 Å². The van der Waals surface area contributed by atoms with Crippen LogP contribution in [0.3, 0.4) is 0 Å². The van der Waals surface area contributed by atoms with Crippen LogP contribution in [0.5, 0.6) is 17.2 Å². The molecule has 26 heavy (non-hydrogen) atoms. The molecule has 0 atom stereocenters. The van der Waals surface area contributed by atoms with Crippen molar-refractivity contribution in [3.63, 3.8) is 0 Å². The minimum absolute atomic E-state index is 0.240. The molecule has 2 aromatic carbocycles. The molecule has 0 unspecified atom stereocenters. The average molecular weight is 359 g/mol. The first-order chi connectivity index (χ1) is 12.7. The average Bonchev–Trinajstić information content (AvgIpc) is 3.18. The van der Waals surface area contributed by atoms with Crippen molar-refractivity contribution in [3.8, 4) is 17.2 Å². The molecule has 0 aromatic heterocycles. The van der Waals surface area contributed by atoms with Gasteiger partial charge in [0.15, 0.2) is 11.5 Å². The SMILES string of the molecule is COc1cc(CNC2CCCC2)cc(OC)c1OCc1cccc(F)c1. The zero-order valence-corrected chi connectivity index (χ0v) is 15.4. The number of hydrogen-bond donors (Lipinski definition) is 1. The van der Waals surface area contributed by atoms with Gasteiger partial charge in [0.1, 0.15) is 12.4 Å². The van der Waals surface area contributed by atoms with E-state index in [9.17, 15) is 4.39 Å². The second-order valence-electron chi connectivity index (χ2n) is 6.61. The lowest BCUT2D eigenvalue weighted by Crippen LogP contribution is -2.25. The maximum atomic E-state index is 13.3. The number of nitrogens with one attached hydrogen (secondary N) is 1. The smallest absolute Gasteiger partial charge is 0.203 e. The number of rotatable bonds is 8. The molecular formula is C21H26FNO3. The Balaban J connectivity index is 1.73. The fourth-order valence-corrected chi connectivity index (χ4v) is 3.35. The van der Waals surface area contributed by atoms with E-state index < -0.39 is 0 Å². The van der Waals surface area contributed by atoms with E-state index in [4.69, 9.17) is 14.2 Å². The van der Waals surface area contributed by atoms with Crippen molar-refractivity contribution < 1.29 is 18.6 Å². The summed E-state index contributed by atoms with van der Waals surface area (Å²) in [6, 6.07) is 10.9. The van der Waals surface area contributed by atoms with Crippen LogP contribution in [-0.2, 0) is 13.2 Å². The van der Waals surface area contributed by atoms with Gasteiger partial charge in [0.05, 0.1) is 14.2 Å². The summed E-state index contributed by atoms with van der Waals surface area (Å²) in [5.74, 6) is 1.48. The van der Waals surface area contributed by atoms with E-state index in [0.717, 1.165) is 17.7 Å². The third-order valence-corrected chi connectivity index (χ3v) is 4.74. The third-order valence-electron chi connectivity index (χ3n) is 4.74. The van der Waals surface area contributed by atoms with E-state index >= 15 is 0 Å². The minimum Gasteiger partial charge on any atom is -0.493 e. The summed E-state index contributed by atoms with van der Waals surface area (Å²) in [5, 5.41) is 3.59. The van der Waals surface area contributed by atoms with Crippen molar-refractivity contribution in [3.05, 3.63) is 53.3 Å². The van der Waals surface area contributed by atoms with Gasteiger partial charge >= 0.3 is 0 Å². The summed E-state index contributed by atoms with van der Waals surface area (Å²) in [5.41, 5.74) is 1.84. The molecule has 1 fully saturated rings. The predicted molar refractivity (Wildman–Crippen MR) is 99.4 cm³/mol. The van der Waals surface area contributed by atoms with Crippen molar-refractivity contribution in [2.24, 2.45) is 0 Å². The highest BCUT2D eigenvalue weighted by Crippen LogP contribution is 2.39. The first-order valence-corrected chi connectivity index (χ1v) is 9.05. The number of hydrogen-bond acceptors (Lipinski definition) is 4. The molecule has 1 aliphatic rings. The standard InChI is InChI=1S/C21H26FNO3/c1-24-19-11-16(13-23-18-8-3-4-9-18)12-20(25-2)21(19)26-14-15-6-5-7-17(22)10-15/h5-7,10-12,18,23H,3-4,8-9,13-14H2,1-2H3. The van der Waals surface area contributed by atoms with Crippen LogP contribution in [-0.4, -0.2) is 20.3 Å². The Hall–Kier alpha value is -2.27. The topological polar surface area (TPSA) is 39.7 Å². The Kier molecular flexibility index (Phi) is 6.34. The fourth-order valence-electron chi connectivity index (χ4n) is 3.35. The number of halogens is 1. The van der Waals surface area contributed by atoms with Gasteiger partial charge in [-0.05, 0) is 48.2 Å². The zero-order valence-electron chi connectivity index (χ0n) is 15.4. The molecular weight excluding hydrogens is 333 g/mol. The van der Waals surface area contributed by atoms with Gasteiger partial charge in [-0.1, -0.05) is 25.0 Å². The van der Waals surface area contributed by atoms with Crippen LogP contribution in [0, 0.1) is 5.82 Å². The number of ether oxygens (including phenoxy) is 3. The highest BCUT2D eigenvalue weighted by atomic mass is 19.1. The van der Waals surface area contributed by atoms with Crippen LogP contribution in [0.1, 0.15) is 36.8 Å². The molecule has 0 saturated heterocycles. The van der Waals surface area contributed by atoms with Crippen LogP contribution in [0.15, 0.2) is 36.4 Å². The van der Waals surface area contributed by atoms with Gasteiger partial charge in [-0.2, -0.15) is 0 Å². The van der Waals surface area contributed by atoms with E-state index in [2.05, 4.69) is 5.32 Å². The van der Waals surface area contributed by atoms with Gasteiger partial charge in [-0.3, -0.25) is 0 Å². The molecule has 1 aliphatic carbocycles. The number of benzene rings is 2. The van der Waals surface area contributed by atoms with Crippen LogP contribution < -0.4 is 19.5 Å². The van der Waals surface area contributed by atoms with Gasteiger partial charge < -0.3 is 19.5 Å². The molecule has 1 N–H and O–H groups in total. The molecule has 0 amide bonds. The lowest BCUT2D eigenvalue weighted by Gasteiger charge is -2.17. The van der Waals surface area contributed by atoms with Crippen molar-refractivity contribution in [2.75, 3.05) is 14.2 Å². The van der Waals surface area contributed by atoms with Gasteiger partial charge in [-0.15, -0.1) is 0 Å². The highest BCUT2D eigenvalue weighted by molar-refractivity contribution is 5.54. The molecule has 140 valence electrons. The number of methoxy groups -OCH3 is 2.